The highest BCUT2D eigenvalue weighted by molar-refractivity contribution is 5.80. The number of likely N-dealkylation sites (tertiary alicyclic amines) is 1. The molecular formula is C21H31N3O3. The molecule has 0 saturated carbocycles. The van der Waals surface area contributed by atoms with Crippen LogP contribution in [0.25, 0.3) is 0 Å². The molecule has 2 aliphatic heterocycles. The topological polar surface area (TPSA) is 61.9 Å². The lowest BCUT2D eigenvalue weighted by Gasteiger charge is -2.41. The van der Waals surface area contributed by atoms with Crippen LogP contribution in [0.2, 0.25) is 0 Å². The number of piperidine rings is 1. The van der Waals surface area contributed by atoms with Crippen molar-refractivity contribution in [3.8, 4) is 5.75 Å². The molecule has 0 aromatic heterocycles. The molecule has 6 nitrogen and oxygen atoms in total. The van der Waals surface area contributed by atoms with E-state index in [0.717, 1.165) is 50.2 Å². The molecule has 6 heteroatoms. The second kappa shape index (κ2) is 9.22. The Bertz CT molecular complexity index is 664. The number of nitrogens with one attached hydrogen (secondary N) is 1. The number of hydrogen-bond donors (Lipinski definition) is 1. The van der Waals surface area contributed by atoms with E-state index in [2.05, 4.69) is 18.3 Å². The van der Waals surface area contributed by atoms with Gasteiger partial charge in [-0.2, -0.15) is 0 Å². The molecule has 2 unspecified atom stereocenters. The minimum Gasteiger partial charge on any atom is -0.496 e. The third kappa shape index (κ3) is 5.01. The third-order valence-electron chi connectivity index (χ3n) is 5.60. The van der Waals surface area contributed by atoms with Crippen molar-refractivity contribution >= 4 is 11.8 Å². The van der Waals surface area contributed by atoms with Crippen LogP contribution in [0.1, 0.15) is 31.7 Å². The van der Waals surface area contributed by atoms with Gasteiger partial charge in [0.15, 0.2) is 0 Å². The van der Waals surface area contributed by atoms with Gasteiger partial charge >= 0.3 is 0 Å². The summed E-state index contributed by atoms with van der Waals surface area (Å²) in [6.45, 7) is 5.59. The Morgan fingerprint density at radius 1 is 1.33 bits per heavy atom. The Labute approximate surface area is 161 Å². The van der Waals surface area contributed by atoms with Gasteiger partial charge in [0.25, 0.3) is 0 Å². The molecule has 0 aliphatic carbocycles. The Morgan fingerprint density at radius 2 is 2.15 bits per heavy atom. The standard InChI is InChI=1S/C21H31N3O3/c1-16(12-17-6-3-4-8-19(17)27-2)13-20(25)23-10-5-7-18(15-23)24-11-9-22-14-21(24)26/h3-4,6,8,16,18,22H,5,7,9-15H2,1-2H3. The quantitative estimate of drug-likeness (QED) is 0.824. The number of nitrogens with zero attached hydrogens (tertiary/aromatic N) is 2. The van der Waals surface area contributed by atoms with Crippen LogP contribution in [0.3, 0.4) is 0 Å². The summed E-state index contributed by atoms with van der Waals surface area (Å²) < 4.78 is 5.42. The molecule has 148 valence electrons. The lowest BCUT2D eigenvalue weighted by molar-refractivity contribution is -0.140. The molecule has 2 amide bonds. The van der Waals surface area contributed by atoms with Crippen LogP contribution in [0.15, 0.2) is 24.3 Å². The van der Waals surface area contributed by atoms with Crippen molar-refractivity contribution in [3.63, 3.8) is 0 Å². The number of amides is 2. The van der Waals surface area contributed by atoms with Gasteiger partial charge < -0.3 is 19.9 Å². The number of para-hydroxylation sites is 1. The van der Waals surface area contributed by atoms with Crippen LogP contribution >= 0.6 is 0 Å². The van der Waals surface area contributed by atoms with Crippen molar-refractivity contribution in [2.45, 2.75) is 38.6 Å². The molecule has 1 N–H and O–H groups in total. The van der Waals surface area contributed by atoms with Gasteiger partial charge in [-0.15, -0.1) is 0 Å². The first-order chi connectivity index (χ1) is 13.1. The second-order valence-electron chi connectivity index (χ2n) is 7.72. The minimum atomic E-state index is 0.157. The van der Waals surface area contributed by atoms with Gasteiger partial charge in [0.05, 0.1) is 13.7 Å². The van der Waals surface area contributed by atoms with Gasteiger partial charge in [0.2, 0.25) is 11.8 Å². The molecule has 2 aliphatic rings. The fourth-order valence-corrected chi connectivity index (χ4v) is 4.19. The largest absolute Gasteiger partial charge is 0.496 e. The number of rotatable bonds is 6. The summed E-state index contributed by atoms with van der Waals surface area (Å²) in [5.74, 6) is 1.48. The summed E-state index contributed by atoms with van der Waals surface area (Å²) in [6.07, 6.45) is 3.31. The van der Waals surface area contributed by atoms with Crippen LogP contribution in [-0.2, 0) is 16.0 Å². The van der Waals surface area contributed by atoms with Crippen molar-refractivity contribution in [2.75, 3.05) is 39.8 Å². The molecule has 0 bridgehead atoms. The Morgan fingerprint density at radius 3 is 2.93 bits per heavy atom. The summed E-state index contributed by atoms with van der Waals surface area (Å²) in [4.78, 5) is 28.9. The zero-order valence-electron chi connectivity index (χ0n) is 16.4. The van der Waals surface area contributed by atoms with Crippen molar-refractivity contribution in [3.05, 3.63) is 29.8 Å². The SMILES string of the molecule is COc1ccccc1CC(C)CC(=O)N1CCCC(N2CCNCC2=O)C1. The summed E-state index contributed by atoms with van der Waals surface area (Å²) in [6, 6.07) is 8.16. The normalized spacial score (nSPS) is 21.9. The van der Waals surface area contributed by atoms with Crippen molar-refractivity contribution in [2.24, 2.45) is 5.92 Å². The third-order valence-corrected chi connectivity index (χ3v) is 5.60. The maximum atomic E-state index is 12.8. The van der Waals surface area contributed by atoms with Crippen LogP contribution in [0.5, 0.6) is 5.75 Å². The van der Waals surface area contributed by atoms with E-state index in [9.17, 15) is 9.59 Å². The molecule has 0 radical (unpaired) electrons. The number of methoxy groups -OCH3 is 1. The first kappa shape index (κ1) is 19.7. The average molecular weight is 373 g/mol. The van der Waals surface area contributed by atoms with Crippen molar-refractivity contribution in [1.82, 2.24) is 15.1 Å². The Hall–Kier alpha value is -2.08. The highest BCUT2D eigenvalue weighted by Gasteiger charge is 2.31. The van der Waals surface area contributed by atoms with Crippen molar-refractivity contribution in [1.29, 1.82) is 0 Å². The van der Waals surface area contributed by atoms with E-state index in [1.807, 2.05) is 28.0 Å². The van der Waals surface area contributed by atoms with E-state index in [1.54, 1.807) is 7.11 Å². The maximum Gasteiger partial charge on any atom is 0.236 e. The molecule has 27 heavy (non-hydrogen) atoms. The summed E-state index contributed by atoms with van der Waals surface area (Å²) >= 11 is 0. The monoisotopic (exact) mass is 373 g/mol. The van der Waals surface area contributed by atoms with Gasteiger partial charge in [-0.05, 0) is 36.8 Å². The summed E-state index contributed by atoms with van der Waals surface area (Å²) in [5.41, 5.74) is 1.14. The number of carbonyl (C=O) groups excluding carboxylic acids is 2. The second-order valence-corrected chi connectivity index (χ2v) is 7.72. The average Bonchev–Trinajstić information content (AvgIpc) is 2.68. The number of ether oxygens (including phenoxy) is 1. The van der Waals surface area contributed by atoms with Gasteiger partial charge in [-0.1, -0.05) is 25.1 Å². The van der Waals surface area contributed by atoms with Gasteiger partial charge in [0.1, 0.15) is 5.75 Å². The first-order valence-corrected chi connectivity index (χ1v) is 9.98. The number of benzene rings is 1. The molecule has 2 atom stereocenters. The van der Waals surface area contributed by atoms with E-state index in [-0.39, 0.29) is 23.8 Å². The van der Waals surface area contributed by atoms with Crippen molar-refractivity contribution < 1.29 is 14.3 Å². The van der Waals surface area contributed by atoms with Crippen LogP contribution in [0, 0.1) is 5.92 Å². The molecule has 2 saturated heterocycles. The molecule has 2 heterocycles. The fraction of sp³-hybridized carbons (Fsp3) is 0.619. The number of carbonyl (C=O) groups is 2. The highest BCUT2D eigenvalue weighted by Crippen LogP contribution is 2.24. The predicted octanol–water partition coefficient (Wildman–Crippen LogP) is 1.69. The van der Waals surface area contributed by atoms with E-state index in [0.29, 0.717) is 19.5 Å². The number of hydrogen-bond acceptors (Lipinski definition) is 4. The zero-order chi connectivity index (χ0) is 19.2. The fourth-order valence-electron chi connectivity index (χ4n) is 4.19. The van der Waals surface area contributed by atoms with Crippen LogP contribution in [-0.4, -0.2) is 67.5 Å². The predicted molar refractivity (Wildman–Crippen MR) is 105 cm³/mol. The number of piperazine rings is 1. The molecule has 2 fully saturated rings. The van der Waals surface area contributed by atoms with E-state index in [1.165, 1.54) is 0 Å². The lowest BCUT2D eigenvalue weighted by Crippen LogP contribution is -2.57. The van der Waals surface area contributed by atoms with Gasteiger partial charge in [-0.3, -0.25) is 9.59 Å². The van der Waals surface area contributed by atoms with E-state index >= 15 is 0 Å². The van der Waals surface area contributed by atoms with E-state index < -0.39 is 0 Å². The molecule has 0 spiro atoms. The Balaban J connectivity index is 1.54. The molecule has 3 rings (SSSR count). The minimum absolute atomic E-state index is 0.157. The lowest BCUT2D eigenvalue weighted by atomic mass is 9.95. The molecule has 1 aromatic rings. The van der Waals surface area contributed by atoms with Gasteiger partial charge in [0, 0.05) is 38.6 Å². The molecule has 1 aromatic carbocycles. The summed E-state index contributed by atoms with van der Waals surface area (Å²) in [5, 5.41) is 3.11. The summed E-state index contributed by atoms with van der Waals surface area (Å²) in [7, 11) is 1.68. The zero-order valence-corrected chi connectivity index (χ0v) is 16.4. The first-order valence-electron chi connectivity index (χ1n) is 9.98. The van der Waals surface area contributed by atoms with Crippen LogP contribution in [0.4, 0.5) is 0 Å². The van der Waals surface area contributed by atoms with Crippen LogP contribution < -0.4 is 10.1 Å². The Kier molecular flexibility index (Phi) is 6.72. The highest BCUT2D eigenvalue weighted by atomic mass is 16.5. The van der Waals surface area contributed by atoms with Gasteiger partial charge in [-0.25, -0.2) is 0 Å². The molecular weight excluding hydrogens is 342 g/mol. The maximum absolute atomic E-state index is 12.8. The smallest absolute Gasteiger partial charge is 0.236 e. The van der Waals surface area contributed by atoms with E-state index in [4.69, 9.17) is 4.74 Å².